The third-order valence-corrected chi connectivity index (χ3v) is 4.32. The summed E-state index contributed by atoms with van der Waals surface area (Å²) in [5.41, 5.74) is 1.12. The summed E-state index contributed by atoms with van der Waals surface area (Å²) in [6.45, 7) is 3.98. The smallest absolute Gasteiger partial charge is 0.242 e. The second kappa shape index (κ2) is 7.56. The zero-order valence-electron chi connectivity index (χ0n) is 12.8. The van der Waals surface area contributed by atoms with Crippen LogP contribution in [-0.2, 0) is 11.2 Å². The molecular formula is C15H19ClN4OS. The van der Waals surface area contributed by atoms with Gasteiger partial charge in [0.2, 0.25) is 11.0 Å². The molecule has 5 nitrogen and oxygen atoms in total. The number of rotatable bonds is 6. The largest absolute Gasteiger partial charge is 0.357 e. The zero-order chi connectivity index (χ0) is 16.1. The summed E-state index contributed by atoms with van der Waals surface area (Å²) in [6.07, 6.45) is 0.697. The minimum Gasteiger partial charge on any atom is -0.357 e. The first-order valence-electron chi connectivity index (χ1n) is 7.04. The fraction of sp³-hybridized carbons (Fsp3) is 0.400. The van der Waals surface area contributed by atoms with Gasteiger partial charge < -0.3 is 10.6 Å². The van der Waals surface area contributed by atoms with Gasteiger partial charge in [-0.05, 0) is 23.6 Å². The Balaban J connectivity index is 2.04. The molecule has 0 bridgehead atoms. The number of anilines is 1. The Morgan fingerprint density at radius 1 is 1.27 bits per heavy atom. The molecule has 118 valence electrons. The first-order chi connectivity index (χ1) is 10.5. The molecule has 1 amide bonds. The first kappa shape index (κ1) is 16.7. The lowest BCUT2D eigenvalue weighted by molar-refractivity contribution is -0.122. The van der Waals surface area contributed by atoms with E-state index in [9.17, 15) is 4.79 Å². The topological polar surface area (TPSA) is 66.9 Å². The maximum absolute atomic E-state index is 11.9. The Hall–Kier alpha value is -1.66. The number of likely N-dealkylation sites (N-methyl/N-ethyl adjacent to an activating group) is 1. The van der Waals surface area contributed by atoms with Crippen LogP contribution >= 0.6 is 22.9 Å². The average molecular weight is 339 g/mol. The summed E-state index contributed by atoms with van der Waals surface area (Å²) in [4.78, 5) is 11.9. The predicted molar refractivity (Wildman–Crippen MR) is 90.5 cm³/mol. The molecule has 0 aliphatic rings. The van der Waals surface area contributed by atoms with Crippen molar-refractivity contribution in [3.8, 4) is 0 Å². The van der Waals surface area contributed by atoms with Gasteiger partial charge in [0.05, 0.1) is 0 Å². The molecule has 1 aromatic heterocycles. The summed E-state index contributed by atoms with van der Waals surface area (Å²) >= 11 is 7.34. The first-order valence-corrected chi connectivity index (χ1v) is 8.24. The number of nitrogens with one attached hydrogen (secondary N) is 2. The molecule has 0 fully saturated rings. The lowest BCUT2D eigenvalue weighted by Crippen LogP contribution is -2.41. The Morgan fingerprint density at radius 3 is 2.55 bits per heavy atom. The number of aromatic nitrogens is 2. The summed E-state index contributed by atoms with van der Waals surface area (Å²) < 4.78 is 0. The van der Waals surface area contributed by atoms with Crippen LogP contribution in [-0.4, -0.2) is 29.2 Å². The summed E-state index contributed by atoms with van der Waals surface area (Å²) in [6, 6.07) is 7.34. The van der Waals surface area contributed by atoms with Gasteiger partial charge in [0, 0.05) is 18.5 Å². The van der Waals surface area contributed by atoms with Gasteiger partial charge in [0.25, 0.3) is 0 Å². The molecular weight excluding hydrogens is 320 g/mol. The third-order valence-electron chi connectivity index (χ3n) is 3.21. The van der Waals surface area contributed by atoms with E-state index < -0.39 is 0 Å². The van der Waals surface area contributed by atoms with Crippen LogP contribution in [0.1, 0.15) is 24.4 Å². The van der Waals surface area contributed by atoms with Crippen molar-refractivity contribution in [2.45, 2.75) is 26.3 Å². The van der Waals surface area contributed by atoms with E-state index in [1.165, 1.54) is 11.3 Å². The van der Waals surface area contributed by atoms with E-state index in [-0.39, 0.29) is 17.9 Å². The number of benzene rings is 1. The second-order valence-electron chi connectivity index (χ2n) is 5.28. The molecule has 0 saturated heterocycles. The van der Waals surface area contributed by atoms with Gasteiger partial charge in [-0.3, -0.25) is 4.79 Å². The van der Waals surface area contributed by atoms with Crippen molar-refractivity contribution in [1.29, 1.82) is 0 Å². The fourth-order valence-corrected chi connectivity index (χ4v) is 2.92. The highest BCUT2D eigenvalue weighted by atomic mass is 35.5. The highest BCUT2D eigenvalue weighted by molar-refractivity contribution is 7.15. The van der Waals surface area contributed by atoms with Gasteiger partial charge in [-0.15, -0.1) is 10.2 Å². The van der Waals surface area contributed by atoms with Crippen LogP contribution in [0.15, 0.2) is 24.3 Å². The second-order valence-corrected chi connectivity index (χ2v) is 6.78. The van der Waals surface area contributed by atoms with Crippen molar-refractivity contribution in [2.75, 3.05) is 12.4 Å². The molecule has 1 unspecified atom stereocenters. The van der Waals surface area contributed by atoms with Gasteiger partial charge >= 0.3 is 0 Å². The van der Waals surface area contributed by atoms with Gasteiger partial charge in [0.1, 0.15) is 11.0 Å². The maximum Gasteiger partial charge on any atom is 0.242 e. The Labute approximate surface area is 139 Å². The number of hydrogen-bond acceptors (Lipinski definition) is 5. The van der Waals surface area contributed by atoms with Crippen molar-refractivity contribution in [1.82, 2.24) is 15.5 Å². The standard InChI is InChI=1S/C15H19ClN4OS/c1-9(2)13(14(21)17-3)18-15-20-19-12(22-15)8-10-4-6-11(16)7-5-10/h4-7,9,13H,8H2,1-3H3,(H,17,21)(H,18,20). The van der Waals surface area contributed by atoms with Crippen LogP contribution in [0, 0.1) is 5.92 Å². The number of carbonyl (C=O) groups excluding carboxylic acids is 1. The Kier molecular flexibility index (Phi) is 5.74. The van der Waals surface area contributed by atoms with Crippen molar-refractivity contribution in [3.63, 3.8) is 0 Å². The fourth-order valence-electron chi connectivity index (χ4n) is 1.98. The molecule has 2 aromatic rings. The monoisotopic (exact) mass is 338 g/mol. The quantitative estimate of drug-likeness (QED) is 0.849. The van der Waals surface area contributed by atoms with Crippen LogP contribution < -0.4 is 10.6 Å². The van der Waals surface area contributed by atoms with Crippen LogP contribution in [0.3, 0.4) is 0 Å². The predicted octanol–water partition coefficient (Wildman–Crippen LogP) is 2.96. The van der Waals surface area contributed by atoms with E-state index in [2.05, 4.69) is 20.8 Å². The number of amides is 1. The average Bonchev–Trinajstić information content (AvgIpc) is 2.93. The Morgan fingerprint density at radius 2 is 1.95 bits per heavy atom. The molecule has 1 heterocycles. The zero-order valence-corrected chi connectivity index (χ0v) is 14.3. The normalized spacial score (nSPS) is 12.2. The van der Waals surface area contributed by atoms with Crippen LogP contribution in [0.4, 0.5) is 5.13 Å². The third kappa shape index (κ3) is 4.42. The lowest BCUT2D eigenvalue weighted by Gasteiger charge is -2.19. The summed E-state index contributed by atoms with van der Waals surface area (Å²) in [5, 5.41) is 16.4. The van der Waals surface area contributed by atoms with Crippen LogP contribution in [0.5, 0.6) is 0 Å². The van der Waals surface area contributed by atoms with E-state index >= 15 is 0 Å². The van der Waals surface area contributed by atoms with E-state index in [0.717, 1.165) is 10.6 Å². The van der Waals surface area contributed by atoms with E-state index in [1.807, 2.05) is 38.1 Å². The highest BCUT2D eigenvalue weighted by Gasteiger charge is 2.22. The van der Waals surface area contributed by atoms with Gasteiger partial charge in [-0.2, -0.15) is 0 Å². The molecule has 0 aliphatic carbocycles. The van der Waals surface area contributed by atoms with Gasteiger partial charge in [0.15, 0.2) is 0 Å². The van der Waals surface area contributed by atoms with E-state index in [4.69, 9.17) is 11.6 Å². The molecule has 0 radical (unpaired) electrons. The SMILES string of the molecule is CNC(=O)C(Nc1nnc(Cc2ccc(Cl)cc2)s1)C(C)C. The van der Waals surface area contributed by atoms with Crippen LogP contribution in [0.25, 0.3) is 0 Å². The molecule has 2 rings (SSSR count). The molecule has 1 atom stereocenters. The molecule has 22 heavy (non-hydrogen) atoms. The van der Waals surface area contributed by atoms with E-state index in [0.29, 0.717) is 16.6 Å². The van der Waals surface area contributed by atoms with E-state index in [1.54, 1.807) is 7.05 Å². The Bertz CT molecular complexity index is 627. The molecule has 0 aliphatic heterocycles. The lowest BCUT2D eigenvalue weighted by atomic mass is 10.0. The number of hydrogen-bond donors (Lipinski definition) is 2. The number of nitrogens with zero attached hydrogens (tertiary/aromatic N) is 2. The minimum absolute atomic E-state index is 0.0514. The van der Waals surface area contributed by atoms with Crippen LogP contribution in [0.2, 0.25) is 5.02 Å². The molecule has 7 heteroatoms. The maximum atomic E-state index is 11.9. The van der Waals surface area contributed by atoms with Gasteiger partial charge in [-0.1, -0.05) is 48.9 Å². The van der Waals surface area contributed by atoms with Gasteiger partial charge in [-0.25, -0.2) is 0 Å². The van der Waals surface area contributed by atoms with Crippen molar-refractivity contribution >= 4 is 34.0 Å². The highest BCUT2D eigenvalue weighted by Crippen LogP contribution is 2.21. The molecule has 2 N–H and O–H groups in total. The molecule has 0 saturated carbocycles. The van der Waals surface area contributed by atoms with Crippen molar-refractivity contribution in [3.05, 3.63) is 39.9 Å². The summed E-state index contributed by atoms with van der Waals surface area (Å²) in [5.74, 6) is 0.105. The minimum atomic E-state index is -0.318. The van der Waals surface area contributed by atoms with Crippen molar-refractivity contribution < 1.29 is 4.79 Å². The number of carbonyl (C=O) groups is 1. The number of halogens is 1. The molecule has 0 spiro atoms. The summed E-state index contributed by atoms with van der Waals surface area (Å²) in [7, 11) is 1.63. The van der Waals surface area contributed by atoms with Crippen molar-refractivity contribution in [2.24, 2.45) is 5.92 Å². The molecule has 1 aromatic carbocycles.